The van der Waals surface area contributed by atoms with Gasteiger partial charge in [-0.3, -0.25) is 4.79 Å². The van der Waals surface area contributed by atoms with E-state index >= 15 is 0 Å². The highest BCUT2D eigenvalue weighted by Gasteiger charge is 2.43. The first-order chi connectivity index (χ1) is 17.9. The molecule has 3 aromatic carbocycles. The lowest BCUT2D eigenvalue weighted by Gasteiger charge is -2.30. The molecule has 7 heteroatoms. The van der Waals surface area contributed by atoms with E-state index in [1.807, 2.05) is 80.6 Å². The van der Waals surface area contributed by atoms with Gasteiger partial charge in [-0.15, -0.1) is 0 Å². The molecule has 0 bridgehead atoms. The average molecular weight is 560 g/mol. The van der Waals surface area contributed by atoms with E-state index in [4.69, 9.17) is 14.2 Å². The molecule has 0 amide bonds. The van der Waals surface area contributed by atoms with E-state index in [0.29, 0.717) is 62.9 Å². The highest BCUT2D eigenvalue weighted by atomic mass is 79.9. The topological polar surface area (TPSA) is 73.9 Å². The molecular formula is C30H26BrNO5. The lowest BCUT2D eigenvalue weighted by Crippen LogP contribution is -2.29. The maximum atomic E-state index is 13.7. The number of allylic oxidation sites excluding steroid dienone is 2. The number of Topliss-reactive ketones (excluding diaryl/α,β-unsaturated/α-hetero) is 1. The van der Waals surface area contributed by atoms with Crippen LogP contribution in [-0.2, 0) is 16.1 Å². The number of methoxy groups -OCH3 is 1. The summed E-state index contributed by atoms with van der Waals surface area (Å²) >= 11 is 3.70. The average Bonchev–Trinajstić information content (AvgIpc) is 3.19. The fraction of sp³-hybridized carbons (Fsp3) is 0.200. The highest BCUT2D eigenvalue weighted by molar-refractivity contribution is 9.10. The van der Waals surface area contributed by atoms with Gasteiger partial charge in [0.1, 0.15) is 6.61 Å². The van der Waals surface area contributed by atoms with Crippen molar-refractivity contribution in [2.24, 2.45) is 0 Å². The molecule has 1 N–H and O–H groups in total. The summed E-state index contributed by atoms with van der Waals surface area (Å²) in [7, 11) is 1.34. The largest absolute Gasteiger partial charge is 0.490 e. The molecule has 1 heterocycles. The van der Waals surface area contributed by atoms with Crippen LogP contribution in [0.15, 0.2) is 88.0 Å². The first kappa shape index (κ1) is 24.8. The molecule has 188 valence electrons. The molecule has 0 fully saturated rings. The van der Waals surface area contributed by atoms with Gasteiger partial charge in [-0.1, -0.05) is 70.5 Å². The van der Waals surface area contributed by atoms with Crippen molar-refractivity contribution >= 4 is 33.4 Å². The van der Waals surface area contributed by atoms with E-state index in [-0.39, 0.29) is 5.78 Å². The Kier molecular flexibility index (Phi) is 6.89. The molecule has 37 heavy (non-hydrogen) atoms. The van der Waals surface area contributed by atoms with Crippen molar-refractivity contribution in [2.45, 2.75) is 26.4 Å². The fourth-order valence-corrected chi connectivity index (χ4v) is 5.46. The molecule has 0 radical (unpaired) electrons. The lowest BCUT2D eigenvalue weighted by molar-refractivity contribution is -0.136. The predicted molar refractivity (Wildman–Crippen MR) is 144 cm³/mol. The Balaban J connectivity index is 1.63. The zero-order valence-electron chi connectivity index (χ0n) is 20.8. The van der Waals surface area contributed by atoms with E-state index in [1.165, 1.54) is 7.11 Å². The number of rotatable bonds is 7. The number of carbonyl (C=O) groups is 2. The number of dihydropyridines is 1. The first-order valence-corrected chi connectivity index (χ1v) is 12.8. The number of ketones is 1. The second kappa shape index (κ2) is 10.3. The maximum absolute atomic E-state index is 13.7. The number of hydrogen-bond donors (Lipinski definition) is 1. The molecule has 0 saturated carbocycles. The summed E-state index contributed by atoms with van der Waals surface area (Å²) in [5.41, 5.74) is 5.40. The van der Waals surface area contributed by atoms with Crippen molar-refractivity contribution in [3.63, 3.8) is 0 Å². The molecule has 0 unspecified atom stereocenters. The van der Waals surface area contributed by atoms with Crippen molar-refractivity contribution in [3.05, 3.63) is 110 Å². The van der Waals surface area contributed by atoms with Gasteiger partial charge < -0.3 is 19.5 Å². The van der Waals surface area contributed by atoms with Gasteiger partial charge in [0.05, 0.1) is 30.9 Å². The van der Waals surface area contributed by atoms with E-state index in [0.717, 1.165) is 11.1 Å². The first-order valence-electron chi connectivity index (χ1n) is 12.0. The van der Waals surface area contributed by atoms with Crippen molar-refractivity contribution in [1.29, 1.82) is 0 Å². The number of halogens is 1. The smallest absolute Gasteiger partial charge is 0.336 e. The number of esters is 1. The monoisotopic (exact) mass is 559 g/mol. The van der Waals surface area contributed by atoms with Crippen molar-refractivity contribution in [3.8, 4) is 11.5 Å². The number of ether oxygens (including phenoxy) is 3. The second-order valence-electron chi connectivity index (χ2n) is 8.78. The van der Waals surface area contributed by atoms with E-state index in [9.17, 15) is 9.59 Å². The molecule has 0 spiro atoms. The maximum Gasteiger partial charge on any atom is 0.336 e. The summed E-state index contributed by atoms with van der Waals surface area (Å²) in [6, 6.07) is 21.0. The van der Waals surface area contributed by atoms with Gasteiger partial charge in [-0.25, -0.2) is 4.79 Å². The van der Waals surface area contributed by atoms with E-state index in [1.54, 1.807) is 0 Å². The quantitative estimate of drug-likeness (QED) is 0.349. The normalized spacial score (nSPS) is 16.2. The molecule has 2 aliphatic rings. The Labute approximate surface area is 224 Å². The van der Waals surface area contributed by atoms with Crippen LogP contribution in [0.3, 0.4) is 0 Å². The molecule has 1 aliphatic heterocycles. The van der Waals surface area contributed by atoms with Gasteiger partial charge in [0, 0.05) is 26.9 Å². The van der Waals surface area contributed by atoms with Crippen LogP contribution in [0.2, 0.25) is 0 Å². The Bertz CT molecular complexity index is 1460. The zero-order chi connectivity index (χ0) is 26.1. The third-order valence-corrected chi connectivity index (χ3v) is 7.25. The Hall–Kier alpha value is -3.84. The van der Waals surface area contributed by atoms with Gasteiger partial charge in [-0.05, 0) is 37.1 Å². The molecule has 3 aromatic rings. The van der Waals surface area contributed by atoms with Gasteiger partial charge in [0.2, 0.25) is 0 Å². The van der Waals surface area contributed by atoms with Gasteiger partial charge in [0.25, 0.3) is 0 Å². The van der Waals surface area contributed by atoms with Gasteiger partial charge >= 0.3 is 5.97 Å². The lowest BCUT2D eigenvalue weighted by atomic mass is 9.79. The Morgan fingerprint density at radius 3 is 2.35 bits per heavy atom. The minimum Gasteiger partial charge on any atom is -0.490 e. The summed E-state index contributed by atoms with van der Waals surface area (Å²) in [6.45, 7) is 4.51. The number of benzene rings is 3. The van der Waals surface area contributed by atoms with Crippen molar-refractivity contribution in [2.75, 3.05) is 13.7 Å². The number of fused-ring (bicyclic) bond motifs is 2. The van der Waals surface area contributed by atoms with Crippen LogP contribution in [0, 0.1) is 0 Å². The second-order valence-corrected chi connectivity index (χ2v) is 9.63. The van der Waals surface area contributed by atoms with E-state index < -0.39 is 11.9 Å². The third kappa shape index (κ3) is 4.44. The van der Waals surface area contributed by atoms with Gasteiger partial charge in [0.15, 0.2) is 17.3 Å². The van der Waals surface area contributed by atoms with Crippen LogP contribution in [0.4, 0.5) is 0 Å². The minimum absolute atomic E-state index is 0.119. The van der Waals surface area contributed by atoms with Crippen LogP contribution >= 0.6 is 15.9 Å². The van der Waals surface area contributed by atoms with E-state index in [2.05, 4.69) is 21.2 Å². The molecule has 1 atom stereocenters. The molecule has 0 aromatic heterocycles. The zero-order valence-corrected chi connectivity index (χ0v) is 22.3. The third-order valence-electron chi connectivity index (χ3n) is 6.57. The number of nitrogens with one attached hydrogen (secondary N) is 1. The molecule has 6 nitrogen and oxygen atoms in total. The summed E-state index contributed by atoms with van der Waals surface area (Å²) < 4.78 is 17.9. The number of hydrogen-bond acceptors (Lipinski definition) is 6. The summed E-state index contributed by atoms with van der Waals surface area (Å²) in [5.74, 6) is -0.195. The predicted octanol–water partition coefficient (Wildman–Crippen LogP) is 6.17. The number of carbonyl (C=O) groups excluding carboxylic acids is 2. The van der Waals surface area contributed by atoms with Gasteiger partial charge in [-0.2, -0.15) is 0 Å². The van der Waals surface area contributed by atoms with Crippen LogP contribution in [0.1, 0.15) is 46.8 Å². The molecule has 5 rings (SSSR count). The summed E-state index contributed by atoms with van der Waals surface area (Å²) in [6.07, 6.45) is 0. The molecule has 1 aliphatic carbocycles. The van der Waals surface area contributed by atoms with Crippen molar-refractivity contribution in [1.82, 2.24) is 5.32 Å². The van der Waals surface area contributed by atoms with Crippen LogP contribution in [-0.4, -0.2) is 25.5 Å². The molecule has 0 saturated heterocycles. The van der Waals surface area contributed by atoms with Crippen LogP contribution in [0.5, 0.6) is 11.5 Å². The standard InChI is InChI=1S/C30H26BrNO5/c1-4-36-23-14-21(22(31)15-24(23)37-16-18-10-6-5-7-11-18)26-25(30(34)35-3)17(2)32-28-19-12-8-9-13-20(19)29(33)27(26)28/h5-15,26,32H,4,16H2,1-3H3/t26-/m1/s1. The summed E-state index contributed by atoms with van der Waals surface area (Å²) in [5, 5.41) is 3.31. The molecular weight excluding hydrogens is 534 g/mol. The SMILES string of the molecule is CCOc1cc([C@@H]2C(C(=O)OC)=C(C)NC3=C2C(=O)c2ccccc23)c(Br)cc1OCc1ccccc1. The minimum atomic E-state index is -0.666. The highest BCUT2D eigenvalue weighted by Crippen LogP contribution is 2.50. The van der Waals surface area contributed by atoms with Crippen LogP contribution in [0.25, 0.3) is 5.70 Å². The van der Waals surface area contributed by atoms with Crippen LogP contribution < -0.4 is 14.8 Å². The fourth-order valence-electron chi connectivity index (χ4n) is 4.91. The Morgan fingerprint density at radius 2 is 1.65 bits per heavy atom. The van der Waals surface area contributed by atoms with Crippen molar-refractivity contribution < 1.29 is 23.8 Å². The Morgan fingerprint density at radius 1 is 0.973 bits per heavy atom. The summed E-state index contributed by atoms with van der Waals surface area (Å²) in [4.78, 5) is 26.7.